The SMILES string of the molecule is NNc1ccc(CC2(C(=O)CNC(=O)CSC(=O)c3ccccc3)CC(=O)N(O)C2=O)cn1. The van der Waals surface area contributed by atoms with Gasteiger partial charge in [-0.05, 0) is 18.1 Å². The zero-order valence-corrected chi connectivity index (χ0v) is 18.1. The standard InChI is InChI=1S/C21H21N5O6S/c22-25-16-7-6-13(10-23-16)8-21(9-18(29)26(32)20(21)31)15(27)11-24-17(28)12-33-19(30)14-4-2-1-3-5-14/h1-7,10,32H,8-9,11-12,22H2,(H,23,25)(H,24,28). The second kappa shape index (κ2) is 10.3. The molecule has 0 bridgehead atoms. The molecule has 33 heavy (non-hydrogen) atoms. The van der Waals surface area contributed by atoms with Crippen LogP contribution < -0.4 is 16.6 Å². The number of thioether (sulfide) groups is 1. The summed E-state index contributed by atoms with van der Waals surface area (Å²) >= 11 is 0.772. The van der Waals surface area contributed by atoms with Gasteiger partial charge in [-0.15, -0.1) is 0 Å². The number of rotatable bonds is 9. The van der Waals surface area contributed by atoms with Crippen LogP contribution in [0, 0.1) is 5.41 Å². The van der Waals surface area contributed by atoms with E-state index in [0.29, 0.717) is 16.9 Å². The van der Waals surface area contributed by atoms with Crippen molar-refractivity contribution in [3.8, 4) is 0 Å². The number of hydrazine groups is 1. The van der Waals surface area contributed by atoms with Crippen LogP contribution in [-0.4, -0.2) is 56.2 Å². The van der Waals surface area contributed by atoms with Gasteiger partial charge < -0.3 is 10.7 Å². The van der Waals surface area contributed by atoms with E-state index in [-0.39, 0.29) is 22.4 Å². The molecule has 1 aliphatic rings. The van der Waals surface area contributed by atoms with Crippen molar-refractivity contribution in [2.75, 3.05) is 17.7 Å². The second-order valence-electron chi connectivity index (χ2n) is 7.28. The van der Waals surface area contributed by atoms with Crippen molar-refractivity contribution in [2.24, 2.45) is 11.3 Å². The first-order valence-electron chi connectivity index (χ1n) is 9.77. The van der Waals surface area contributed by atoms with Crippen molar-refractivity contribution >= 4 is 46.2 Å². The molecule has 3 amide bonds. The molecule has 1 aromatic carbocycles. The van der Waals surface area contributed by atoms with E-state index < -0.39 is 41.9 Å². The fourth-order valence-electron chi connectivity index (χ4n) is 3.33. The lowest BCUT2D eigenvalue weighted by molar-refractivity contribution is -0.174. The van der Waals surface area contributed by atoms with E-state index in [9.17, 15) is 29.2 Å². The number of nitrogens with zero attached hydrogens (tertiary/aromatic N) is 2. The Morgan fingerprint density at radius 1 is 1.15 bits per heavy atom. The molecule has 0 radical (unpaired) electrons. The molecule has 12 heteroatoms. The quantitative estimate of drug-likeness (QED) is 0.131. The van der Waals surface area contributed by atoms with Crippen LogP contribution in [0.4, 0.5) is 5.82 Å². The van der Waals surface area contributed by atoms with Crippen LogP contribution in [0.25, 0.3) is 0 Å². The number of nitrogen functional groups attached to an aromatic ring is 1. The molecule has 1 fully saturated rings. The lowest BCUT2D eigenvalue weighted by atomic mass is 9.76. The predicted octanol–water partition coefficient (Wildman–Crippen LogP) is 0.303. The first-order valence-corrected chi connectivity index (χ1v) is 10.8. The number of benzene rings is 1. The number of nitrogens with one attached hydrogen (secondary N) is 2. The number of anilines is 1. The maximum atomic E-state index is 13.0. The minimum Gasteiger partial charge on any atom is -0.348 e. The molecule has 11 nitrogen and oxygen atoms in total. The third-order valence-electron chi connectivity index (χ3n) is 5.09. The summed E-state index contributed by atoms with van der Waals surface area (Å²) in [6.45, 7) is -0.554. The molecule has 0 aliphatic carbocycles. The Hall–Kier alpha value is -3.61. The molecular formula is C21H21N5O6S. The first kappa shape index (κ1) is 24.0. The van der Waals surface area contributed by atoms with Crippen LogP contribution in [0.15, 0.2) is 48.7 Å². The summed E-state index contributed by atoms with van der Waals surface area (Å²) in [7, 11) is 0. The molecule has 1 unspecified atom stereocenters. The highest BCUT2D eigenvalue weighted by Crippen LogP contribution is 2.36. The third kappa shape index (κ3) is 5.42. The Bertz CT molecular complexity index is 1080. The first-order chi connectivity index (χ1) is 15.8. The highest BCUT2D eigenvalue weighted by molar-refractivity contribution is 8.14. The monoisotopic (exact) mass is 471 g/mol. The van der Waals surface area contributed by atoms with E-state index in [1.165, 1.54) is 12.3 Å². The van der Waals surface area contributed by atoms with Gasteiger partial charge in [0.2, 0.25) is 11.0 Å². The van der Waals surface area contributed by atoms with E-state index in [1.807, 2.05) is 0 Å². The van der Waals surface area contributed by atoms with E-state index in [1.54, 1.807) is 36.4 Å². The number of carbonyl (C=O) groups is 5. The van der Waals surface area contributed by atoms with Crippen molar-refractivity contribution in [3.63, 3.8) is 0 Å². The number of amides is 3. The number of aromatic nitrogens is 1. The van der Waals surface area contributed by atoms with Crippen LogP contribution >= 0.6 is 11.8 Å². The molecule has 0 saturated carbocycles. The van der Waals surface area contributed by atoms with Gasteiger partial charge in [-0.1, -0.05) is 48.2 Å². The lowest BCUT2D eigenvalue weighted by Crippen LogP contribution is -2.46. The Morgan fingerprint density at radius 2 is 1.88 bits per heavy atom. The third-order valence-corrected chi connectivity index (χ3v) is 6.00. The van der Waals surface area contributed by atoms with Crippen LogP contribution in [-0.2, 0) is 25.6 Å². The van der Waals surface area contributed by atoms with Crippen molar-refractivity contribution in [1.29, 1.82) is 0 Å². The molecular weight excluding hydrogens is 450 g/mol. The van der Waals surface area contributed by atoms with Gasteiger partial charge in [0.1, 0.15) is 11.2 Å². The van der Waals surface area contributed by atoms with Crippen molar-refractivity contribution in [3.05, 3.63) is 59.8 Å². The number of nitrogens with two attached hydrogens (primary N) is 1. The largest absolute Gasteiger partial charge is 0.348 e. The average molecular weight is 471 g/mol. The van der Waals surface area contributed by atoms with Gasteiger partial charge in [-0.2, -0.15) is 5.06 Å². The van der Waals surface area contributed by atoms with E-state index in [4.69, 9.17) is 5.84 Å². The van der Waals surface area contributed by atoms with Gasteiger partial charge in [0, 0.05) is 11.8 Å². The fraction of sp³-hybridized carbons (Fsp3) is 0.238. The second-order valence-corrected chi connectivity index (χ2v) is 8.23. The zero-order chi connectivity index (χ0) is 24.0. The maximum Gasteiger partial charge on any atom is 0.267 e. The maximum absolute atomic E-state index is 13.0. The van der Waals surface area contributed by atoms with Gasteiger partial charge in [0.05, 0.1) is 18.7 Å². The highest BCUT2D eigenvalue weighted by Gasteiger charge is 2.56. The average Bonchev–Trinajstić information content (AvgIpc) is 3.06. The van der Waals surface area contributed by atoms with Crippen molar-refractivity contribution < 1.29 is 29.2 Å². The van der Waals surface area contributed by atoms with Crippen LogP contribution in [0.3, 0.4) is 0 Å². The molecule has 2 aromatic rings. The van der Waals surface area contributed by atoms with Gasteiger partial charge in [0.25, 0.3) is 11.8 Å². The number of Topliss-reactive ketones (excluding diaryl/α,β-unsaturated/α-hetero) is 1. The minimum atomic E-state index is -1.88. The fourth-order valence-corrected chi connectivity index (χ4v) is 4.00. The normalized spacial score (nSPS) is 17.7. The van der Waals surface area contributed by atoms with Gasteiger partial charge in [-0.3, -0.25) is 29.2 Å². The predicted molar refractivity (Wildman–Crippen MR) is 118 cm³/mol. The number of pyridine rings is 1. The molecule has 5 N–H and O–H groups in total. The summed E-state index contributed by atoms with van der Waals surface area (Å²) < 4.78 is 0. The summed E-state index contributed by atoms with van der Waals surface area (Å²) in [6.07, 6.45) is 0.629. The van der Waals surface area contributed by atoms with Gasteiger partial charge in [0.15, 0.2) is 5.78 Å². The molecule has 1 saturated heterocycles. The Labute approximate surface area is 192 Å². The lowest BCUT2D eigenvalue weighted by Gasteiger charge is -2.24. The minimum absolute atomic E-state index is 0.0721. The Balaban J connectivity index is 1.65. The molecule has 1 aromatic heterocycles. The Kier molecular flexibility index (Phi) is 7.53. The molecule has 2 heterocycles. The van der Waals surface area contributed by atoms with Crippen LogP contribution in [0.5, 0.6) is 0 Å². The zero-order valence-electron chi connectivity index (χ0n) is 17.3. The van der Waals surface area contributed by atoms with Crippen LogP contribution in [0.2, 0.25) is 0 Å². The van der Waals surface area contributed by atoms with Gasteiger partial charge >= 0.3 is 0 Å². The number of ketones is 1. The number of hydrogen-bond acceptors (Lipinski definition) is 10. The van der Waals surface area contributed by atoms with Crippen molar-refractivity contribution in [1.82, 2.24) is 15.4 Å². The highest BCUT2D eigenvalue weighted by atomic mass is 32.2. The van der Waals surface area contributed by atoms with Crippen LogP contribution in [0.1, 0.15) is 22.3 Å². The summed E-state index contributed by atoms with van der Waals surface area (Å²) in [5.41, 5.74) is 1.35. The van der Waals surface area contributed by atoms with E-state index in [0.717, 1.165) is 11.8 Å². The van der Waals surface area contributed by atoms with E-state index in [2.05, 4.69) is 15.7 Å². The summed E-state index contributed by atoms with van der Waals surface area (Å²) in [4.78, 5) is 65.9. The molecule has 1 aliphatic heterocycles. The molecule has 0 spiro atoms. The van der Waals surface area contributed by atoms with Crippen molar-refractivity contribution in [2.45, 2.75) is 12.8 Å². The number of carbonyl (C=O) groups excluding carboxylic acids is 5. The number of hydroxylamine groups is 2. The summed E-state index contributed by atoms with van der Waals surface area (Å²) in [6, 6.07) is 11.5. The molecule has 172 valence electrons. The molecule has 3 rings (SSSR count). The summed E-state index contributed by atoms with van der Waals surface area (Å²) in [5, 5.41) is 11.8. The molecule has 1 atom stereocenters. The number of hydrogen-bond donors (Lipinski definition) is 4. The Morgan fingerprint density at radius 3 is 2.45 bits per heavy atom. The van der Waals surface area contributed by atoms with E-state index >= 15 is 0 Å². The van der Waals surface area contributed by atoms with Gasteiger partial charge in [-0.25, -0.2) is 10.8 Å². The smallest absolute Gasteiger partial charge is 0.267 e. The topological polar surface area (TPSA) is 172 Å². The number of imide groups is 1. The summed E-state index contributed by atoms with van der Waals surface area (Å²) in [5.74, 6) is 2.07.